The van der Waals surface area contributed by atoms with Crippen molar-refractivity contribution in [3.8, 4) is 17.2 Å². The van der Waals surface area contributed by atoms with Crippen LogP contribution >= 0.6 is 0 Å². The standard InChI is InChI=1S/C30H38O5Si/c1-29(2,3)36(6,7)33-19-18-27-34-28-25(20-24(31-4)21-26(28)32-5)30(35-27,22-14-10-8-11-15-22)23-16-12-9-13-17-23/h8-17,20-21,27H,18-19H2,1-7H3. The molecule has 1 aliphatic heterocycles. The van der Waals surface area contributed by atoms with Crippen LogP contribution in [0.1, 0.15) is 43.9 Å². The predicted octanol–water partition coefficient (Wildman–Crippen LogP) is 7.14. The topological polar surface area (TPSA) is 46.2 Å². The summed E-state index contributed by atoms with van der Waals surface area (Å²) < 4.78 is 31.4. The maximum Gasteiger partial charge on any atom is 0.204 e. The predicted molar refractivity (Wildman–Crippen MR) is 146 cm³/mol. The van der Waals surface area contributed by atoms with Crippen LogP contribution in [-0.4, -0.2) is 35.4 Å². The van der Waals surface area contributed by atoms with Gasteiger partial charge in [0.1, 0.15) is 5.75 Å². The Morgan fingerprint density at radius 3 is 1.94 bits per heavy atom. The molecule has 36 heavy (non-hydrogen) atoms. The number of benzene rings is 3. The van der Waals surface area contributed by atoms with Crippen molar-refractivity contribution in [1.82, 2.24) is 0 Å². The van der Waals surface area contributed by atoms with Crippen LogP contribution in [0.25, 0.3) is 0 Å². The first-order chi connectivity index (χ1) is 17.1. The molecule has 0 amide bonds. The van der Waals surface area contributed by atoms with Crippen LogP contribution in [0, 0.1) is 0 Å². The molecule has 3 aromatic carbocycles. The SMILES string of the molecule is COc1cc(OC)c2c(c1)C(c1ccccc1)(c1ccccc1)OC(CCO[Si](C)(C)C(C)(C)C)O2. The molecule has 1 unspecified atom stereocenters. The van der Waals surface area contributed by atoms with E-state index >= 15 is 0 Å². The molecule has 5 nitrogen and oxygen atoms in total. The molecule has 0 radical (unpaired) electrons. The van der Waals surface area contributed by atoms with Gasteiger partial charge in [0.25, 0.3) is 0 Å². The summed E-state index contributed by atoms with van der Waals surface area (Å²) in [7, 11) is 1.39. The molecule has 0 saturated carbocycles. The summed E-state index contributed by atoms with van der Waals surface area (Å²) in [5.41, 5.74) is 1.94. The lowest BCUT2D eigenvalue weighted by Crippen LogP contribution is -2.45. The summed E-state index contributed by atoms with van der Waals surface area (Å²) in [4.78, 5) is 0. The van der Waals surface area contributed by atoms with Gasteiger partial charge in [0.2, 0.25) is 6.29 Å². The molecule has 6 heteroatoms. The van der Waals surface area contributed by atoms with Crippen LogP contribution in [0.5, 0.6) is 17.2 Å². The molecule has 0 spiro atoms. The van der Waals surface area contributed by atoms with E-state index in [0.717, 1.165) is 16.7 Å². The molecule has 0 saturated heterocycles. The Kier molecular flexibility index (Phi) is 7.50. The summed E-state index contributed by atoms with van der Waals surface area (Å²) in [5, 5.41) is 0.130. The second-order valence-electron chi connectivity index (χ2n) is 10.7. The van der Waals surface area contributed by atoms with Gasteiger partial charge in [-0.3, -0.25) is 0 Å². The van der Waals surface area contributed by atoms with Crippen LogP contribution in [0.2, 0.25) is 18.1 Å². The van der Waals surface area contributed by atoms with Crippen molar-refractivity contribution >= 4 is 8.32 Å². The molecule has 4 rings (SSSR count). The molecule has 0 fully saturated rings. The van der Waals surface area contributed by atoms with Gasteiger partial charge in [0, 0.05) is 24.7 Å². The van der Waals surface area contributed by atoms with E-state index < -0.39 is 20.2 Å². The summed E-state index contributed by atoms with van der Waals surface area (Å²) in [6.07, 6.45) is 0.0488. The van der Waals surface area contributed by atoms with Crippen molar-refractivity contribution in [1.29, 1.82) is 0 Å². The van der Waals surface area contributed by atoms with Gasteiger partial charge in [-0.15, -0.1) is 0 Å². The van der Waals surface area contributed by atoms with E-state index in [0.29, 0.717) is 30.3 Å². The lowest BCUT2D eigenvalue weighted by Gasteiger charge is -2.44. The number of rotatable bonds is 8. The Hall–Kier alpha value is -2.80. The minimum atomic E-state index is -1.91. The summed E-state index contributed by atoms with van der Waals surface area (Å²) in [6, 6.07) is 24.4. The van der Waals surface area contributed by atoms with Crippen molar-refractivity contribution in [2.45, 2.75) is 57.2 Å². The first-order valence-electron chi connectivity index (χ1n) is 12.5. The first-order valence-corrected chi connectivity index (χ1v) is 15.4. The minimum absolute atomic E-state index is 0.130. The van der Waals surface area contributed by atoms with Crippen LogP contribution in [0.15, 0.2) is 72.8 Å². The van der Waals surface area contributed by atoms with Crippen LogP contribution in [0.3, 0.4) is 0 Å². The average molecular weight is 507 g/mol. The molecule has 1 aliphatic rings. The molecular formula is C30H38O5Si. The van der Waals surface area contributed by atoms with Gasteiger partial charge < -0.3 is 23.4 Å². The van der Waals surface area contributed by atoms with Gasteiger partial charge in [-0.2, -0.15) is 0 Å². The highest BCUT2D eigenvalue weighted by atomic mass is 28.4. The van der Waals surface area contributed by atoms with Crippen molar-refractivity contribution < 1.29 is 23.4 Å². The quantitative estimate of drug-likeness (QED) is 0.304. The van der Waals surface area contributed by atoms with Crippen molar-refractivity contribution in [2.75, 3.05) is 20.8 Å². The molecule has 192 valence electrons. The van der Waals surface area contributed by atoms with Crippen LogP contribution < -0.4 is 14.2 Å². The fraction of sp³-hybridized carbons (Fsp3) is 0.400. The Morgan fingerprint density at radius 2 is 1.44 bits per heavy atom. The molecule has 0 aromatic heterocycles. The fourth-order valence-electron chi connectivity index (χ4n) is 4.35. The monoisotopic (exact) mass is 506 g/mol. The second kappa shape index (κ2) is 10.3. The van der Waals surface area contributed by atoms with Crippen LogP contribution in [0.4, 0.5) is 0 Å². The van der Waals surface area contributed by atoms with E-state index in [9.17, 15) is 0 Å². The summed E-state index contributed by atoms with van der Waals surface area (Å²) in [5.74, 6) is 1.95. The number of hydrogen-bond donors (Lipinski definition) is 0. The van der Waals surface area contributed by atoms with Crippen LogP contribution in [-0.2, 0) is 14.8 Å². The Morgan fingerprint density at radius 1 is 0.861 bits per heavy atom. The molecule has 0 aliphatic carbocycles. The van der Waals surface area contributed by atoms with E-state index in [2.05, 4.69) is 58.1 Å². The third kappa shape index (κ3) is 4.90. The van der Waals surface area contributed by atoms with E-state index in [4.69, 9.17) is 23.4 Å². The third-order valence-corrected chi connectivity index (χ3v) is 11.9. The molecule has 1 heterocycles. The Bertz CT molecular complexity index is 1120. The highest BCUT2D eigenvalue weighted by Crippen LogP contribution is 2.53. The lowest BCUT2D eigenvalue weighted by atomic mass is 9.78. The second-order valence-corrected chi connectivity index (χ2v) is 15.5. The minimum Gasteiger partial charge on any atom is -0.497 e. The van der Waals surface area contributed by atoms with E-state index in [1.807, 2.05) is 48.5 Å². The first kappa shape index (κ1) is 26.3. The third-order valence-electron chi connectivity index (χ3n) is 7.40. The van der Waals surface area contributed by atoms with Gasteiger partial charge in [0.05, 0.1) is 14.2 Å². The van der Waals surface area contributed by atoms with Gasteiger partial charge in [0.15, 0.2) is 25.4 Å². The fourth-order valence-corrected chi connectivity index (χ4v) is 5.41. The Labute approximate surface area is 216 Å². The molecule has 1 atom stereocenters. The number of fused-ring (bicyclic) bond motifs is 1. The van der Waals surface area contributed by atoms with Gasteiger partial charge in [-0.25, -0.2) is 0 Å². The molecule has 0 N–H and O–H groups in total. The summed E-state index contributed by atoms with van der Waals surface area (Å²) >= 11 is 0. The maximum absolute atomic E-state index is 6.97. The molecule has 3 aromatic rings. The number of methoxy groups -OCH3 is 2. The van der Waals surface area contributed by atoms with Gasteiger partial charge >= 0.3 is 0 Å². The van der Waals surface area contributed by atoms with E-state index in [-0.39, 0.29) is 5.04 Å². The molecule has 0 bridgehead atoms. The number of ether oxygens (including phenoxy) is 4. The highest BCUT2D eigenvalue weighted by molar-refractivity contribution is 6.74. The Balaban J connectivity index is 1.84. The van der Waals surface area contributed by atoms with Gasteiger partial charge in [-0.05, 0) is 35.3 Å². The zero-order valence-corrected chi connectivity index (χ0v) is 23.5. The lowest BCUT2D eigenvalue weighted by molar-refractivity contribution is -0.169. The molecular weight excluding hydrogens is 468 g/mol. The smallest absolute Gasteiger partial charge is 0.204 e. The summed E-state index contributed by atoms with van der Waals surface area (Å²) in [6.45, 7) is 11.8. The highest BCUT2D eigenvalue weighted by Gasteiger charge is 2.47. The van der Waals surface area contributed by atoms with Crippen molar-refractivity contribution in [2.24, 2.45) is 0 Å². The zero-order valence-electron chi connectivity index (χ0n) is 22.5. The normalized spacial score (nSPS) is 17.1. The maximum atomic E-state index is 6.97. The van der Waals surface area contributed by atoms with E-state index in [1.165, 1.54) is 0 Å². The zero-order chi connectivity index (χ0) is 26.0. The van der Waals surface area contributed by atoms with Gasteiger partial charge in [-0.1, -0.05) is 81.4 Å². The van der Waals surface area contributed by atoms with E-state index in [1.54, 1.807) is 14.2 Å². The van der Waals surface area contributed by atoms with Crippen molar-refractivity contribution in [3.63, 3.8) is 0 Å². The number of hydrogen-bond acceptors (Lipinski definition) is 5. The average Bonchev–Trinajstić information content (AvgIpc) is 2.87. The van der Waals surface area contributed by atoms with Crippen molar-refractivity contribution in [3.05, 3.63) is 89.5 Å². The largest absolute Gasteiger partial charge is 0.497 e.